The van der Waals surface area contributed by atoms with Crippen molar-refractivity contribution in [2.24, 2.45) is 0 Å². The first kappa shape index (κ1) is 13.0. The Balaban J connectivity index is 2.48. The van der Waals surface area contributed by atoms with Crippen molar-refractivity contribution in [2.75, 3.05) is 6.61 Å². The van der Waals surface area contributed by atoms with Crippen LogP contribution in [-0.4, -0.2) is 23.6 Å². The Morgan fingerprint density at radius 2 is 2.06 bits per heavy atom. The molecule has 0 unspecified atom stereocenters. The van der Waals surface area contributed by atoms with Gasteiger partial charge in [0.1, 0.15) is 11.6 Å². The molecule has 1 amide bonds. The molecule has 0 aliphatic rings. The first-order valence-corrected chi connectivity index (χ1v) is 4.55. The minimum Gasteiger partial charge on any atom is -0.479 e. The lowest BCUT2D eigenvalue weighted by Crippen LogP contribution is -2.28. The lowest BCUT2D eigenvalue weighted by atomic mass is 10.1. The quantitative estimate of drug-likeness (QED) is 0.746. The molecule has 1 aromatic rings. The SMILES string of the molecule is O=C(O)CONC(=O)Cc1ccc(F)cc1F. The van der Waals surface area contributed by atoms with Crippen LogP contribution in [0.25, 0.3) is 0 Å². The standard InChI is InChI=1S/C10H9F2NO4/c11-7-2-1-6(8(12)4-7)3-9(14)13-17-5-10(15)16/h1-2,4H,3,5H2,(H,13,14)(H,15,16). The zero-order valence-corrected chi connectivity index (χ0v) is 8.57. The van der Waals surface area contributed by atoms with Gasteiger partial charge in [-0.2, -0.15) is 0 Å². The number of benzene rings is 1. The number of aliphatic carboxylic acids is 1. The minimum absolute atomic E-state index is 0.0113. The van der Waals surface area contributed by atoms with E-state index in [1.54, 1.807) is 0 Å². The molecular weight excluding hydrogens is 236 g/mol. The molecule has 0 radical (unpaired) electrons. The molecule has 0 heterocycles. The van der Waals surface area contributed by atoms with Crippen LogP contribution in [0.2, 0.25) is 0 Å². The first-order chi connectivity index (χ1) is 7.99. The molecule has 0 aliphatic carbocycles. The third kappa shape index (κ3) is 4.56. The highest BCUT2D eigenvalue weighted by atomic mass is 19.1. The first-order valence-electron chi connectivity index (χ1n) is 4.55. The molecule has 92 valence electrons. The smallest absolute Gasteiger partial charge is 0.332 e. The molecule has 0 atom stereocenters. The van der Waals surface area contributed by atoms with Crippen LogP contribution in [0.1, 0.15) is 5.56 Å². The van der Waals surface area contributed by atoms with E-state index in [1.807, 2.05) is 5.48 Å². The maximum Gasteiger partial charge on any atom is 0.332 e. The Kier molecular flexibility index (Phi) is 4.53. The van der Waals surface area contributed by atoms with Gasteiger partial charge >= 0.3 is 5.97 Å². The summed E-state index contributed by atoms with van der Waals surface area (Å²) in [5.74, 6) is -3.57. The van der Waals surface area contributed by atoms with E-state index in [1.165, 1.54) is 0 Å². The van der Waals surface area contributed by atoms with Crippen molar-refractivity contribution in [1.82, 2.24) is 5.48 Å². The van der Waals surface area contributed by atoms with Gasteiger partial charge in [-0.05, 0) is 11.6 Å². The third-order valence-electron chi connectivity index (χ3n) is 1.75. The number of halogens is 2. The van der Waals surface area contributed by atoms with Crippen molar-refractivity contribution in [1.29, 1.82) is 0 Å². The highest BCUT2D eigenvalue weighted by Gasteiger charge is 2.09. The maximum atomic E-state index is 13.1. The number of rotatable bonds is 5. The third-order valence-corrected chi connectivity index (χ3v) is 1.75. The van der Waals surface area contributed by atoms with Crippen molar-refractivity contribution >= 4 is 11.9 Å². The second-order valence-corrected chi connectivity index (χ2v) is 3.12. The van der Waals surface area contributed by atoms with Gasteiger partial charge < -0.3 is 5.11 Å². The molecule has 17 heavy (non-hydrogen) atoms. The van der Waals surface area contributed by atoms with E-state index >= 15 is 0 Å². The largest absolute Gasteiger partial charge is 0.479 e. The van der Waals surface area contributed by atoms with E-state index in [9.17, 15) is 18.4 Å². The van der Waals surface area contributed by atoms with Crippen molar-refractivity contribution < 1.29 is 28.3 Å². The van der Waals surface area contributed by atoms with Crippen molar-refractivity contribution in [3.8, 4) is 0 Å². The summed E-state index contributed by atoms with van der Waals surface area (Å²) < 4.78 is 25.7. The maximum absolute atomic E-state index is 13.1. The second kappa shape index (κ2) is 5.90. The summed E-state index contributed by atoms with van der Waals surface area (Å²) in [5.41, 5.74) is 1.81. The molecule has 0 fully saturated rings. The molecule has 2 N–H and O–H groups in total. The van der Waals surface area contributed by atoms with Crippen LogP contribution in [-0.2, 0) is 20.8 Å². The number of hydrogen-bond donors (Lipinski definition) is 2. The van der Waals surface area contributed by atoms with Crippen LogP contribution in [0.4, 0.5) is 8.78 Å². The summed E-state index contributed by atoms with van der Waals surface area (Å²) >= 11 is 0. The summed E-state index contributed by atoms with van der Waals surface area (Å²) in [6.45, 7) is -0.697. The van der Waals surface area contributed by atoms with Gasteiger partial charge in [0.25, 0.3) is 0 Å². The number of hydroxylamine groups is 1. The number of carbonyl (C=O) groups is 2. The van der Waals surface area contributed by atoms with Gasteiger partial charge in [0.2, 0.25) is 5.91 Å². The summed E-state index contributed by atoms with van der Waals surface area (Å²) in [6.07, 6.45) is -0.369. The Morgan fingerprint density at radius 1 is 1.35 bits per heavy atom. The molecule has 0 saturated carbocycles. The van der Waals surface area contributed by atoms with E-state index in [2.05, 4.69) is 4.84 Å². The van der Waals surface area contributed by atoms with Crippen LogP contribution < -0.4 is 5.48 Å². The number of amides is 1. The van der Waals surface area contributed by atoms with E-state index in [0.717, 1.165) is 12.1 Å². The summed E-state index contributed by atoms with van der Waals surface area (Å²) in [7, 11) is 0. The normalized spacial score (nSPS) is 10.0. The second-order valence-electron chi connectivity index (χ2n) is 3.12. The van der Waals surface area contributed by atoms with Gasteiger partial charge in [0.05, 0.1) is 6.42 Å². The molecule has 5 nitrogen and oxygen atoms in total. The Bertz CT molecular complexity index is 436. The number of nitrogens with one attached hydrogen (secondary N) is 1. The van der Waals surface area contributed by atoms with Gasteiger partial charge in [0, 0.05) is 6.07 Å². The van der Waals surface area contributed by atoms with Crippen molar-refractivity contribution in [3.05, 3.63) is 35.4 Å². The molecule has 1 aromatic carbocycles. The average molecular weight is 245 g/mol. The molecule has 7 heteroatoms. The molecule has 0 spiro atoms. The minimum atomic E-state index is -1.25. The molecule has 0 saturated heterocycles. The molecule has 0 aromatic heterocycles. The van der Waals surface area contributed by atoms with Crippen molar-refractivity contribution in [3.63, 3.8) is 0 Å². The fourth-order valence-electron chi connectivity index (χ4n) is 1.05. The van der Waals surface area contributed by atoms with E-state index in [4.69, 9.17) is 5.11 Å². The monoisotopic (exact) mass is 245 g/mol. The number of carbonyl (C=O) groups excluding carboxylic acids is 1. The Labute approximate surface area is 95.0 Å². The van der Waals surface area contributed by atoms with Crippen LogP contribution in [0.15, 0.2) is 18.2 Å². The summed E-state index contributed by atoms with van der Waals surface area (Å²) in [6, 6.07) is 2.80. The Hall–Kier alpha value is -2.02. The molecule has 1 rings (SSSR count). The molecular formula is C10H9F2NO4. The lowest BCUT2D eigenvalue weighted by Gasteiger charge is -2.04. The zero-order valence-electron chi connectivity index (χ0n) is 8.57. The zero-order chi connectivity index (χ0) is 12.8. The van der Waals surface area contributed by atoms with E-state index in [0.29, 0.717) is 6.07 Å². The number of carboxylic acids is 1. The highest BCUT2D eigenvalue weighted by Crippen LogP contribution is 2.09. The van der Waals surface area contributed by atoms with E-state index in [-0.39, 0.29) is 12.0 Å². The average Bonchev–Trinajstić information content (AvgIpc) is 2.21. The highest BCUT2D eigenvalue weighted by molar-refractivity contribution is 5.77. The summed E-state index contributed by atoms with van der Waals surface area (Å²) in [4.78, 5) is 25.5. The predicted octanol–water partition coefficient (Wildman–Crippen LogP) is 0.640. The van der Waals surface area contributed by atoms with Crippen LogP contribution in [0, 0.1) is 11.6 Å². The van der Waals surface area contributed by atoms with Gasteiger partial charge in [-0.1, -0.05) is 6.07 Å². The number of hydrogen-bond acceptors (Lipinski definition) is 3. The predicted molar refractivity (Wildman–Crippen MR) is 51.8 cm³/mol. The van der Waals surface area contributed by atoms with Crippen LogP contribution in [0.3, 0.4) is 0 Å². The van der Waals surface area contributed by atoms with Gasteiger partial charge in [-0.25, -0.2) is 19.1 Å². The Morgan fingerprint density at radius 3 is 2.65 bits per heavy atom. The lowest BCUT2D eigenvalue weighted by molar-refractivity contribution is -0.149. The topological polar surface area (TPSA) is 75.6 Å². The number of carboxylic acid groups (broad SMARTS) is 1. The molecule has 0 aliphatic heterocycles. The van der Waals surface area contributed by atoms with Crippen LogP contribution >= 0.6 is 0 Å². The fourth-order valence-corrected chi connectivity index (χ4v) is 1.05. The van der Waals surface area contributed by atoms with Gasteiger partial charge in [-0.15, -0.1) is 0 Å². The van der Waals surface area contributed by atoms with Crippen LogP contribution in [0.5, 0.6) is 0 Å². The molecule has 0 bridgehead atoms. The summed E-state index contributed by atoms with van der Waals surface area (Å²) in [5, 5.41) is 8.21. The van der Waals surface area contributed by atoms with Gasteiger partial charge in [0.15, 0.2) is 6.61 Å². The van der Waals surface area contributed by atoms with E-state index < -0.39 is 30.1 Å². The van der Waals surface area contributed by atoms with Crippen molar-refractivity contribution in [2.45, 2.75) is 6.42 Å². The van der Waals surface area contributed by atoms with Gasteiger partial charge in [-0.3, -0.25) is 9.63 Å². The fraction of sp³-hybridized carbons (Fsp3) is 0.200.